The second kappa shape index (κ2) is 3.41. The fourth-order valence-electron chi connectivity index (χ4n) is 0.544. The number of carbonyl (C=O) groups is 1. The monoisotopic (exact) mass is 148 g/mol. The Labute approximate surface area is 57.6 Å². The van der Waals surface area contributed by atoms with E-state index in [1.165, 1.54) is 11.8 Å². The highest BCUT2D eigenvalue weighted by Crippen LogP contribution is 2.16. The summed E-state index contributed by atoms with van der Waals surface area (Å²) in [5, 5.41) is 0.370. The van der Waals surface area contributed by atoms with Gasteiger partial charge in [-0.3, -0.25) is 4.79 Å². The van der Waals surface area contributed by atoms with Crippen molar-refractivity contribution in [2.45, 2.75) is 6.42 Å². The quantitative estimate of drug-likeness (QED) is 0.516. The minimum atomic E-state index is 0.370. The molecule has 1 heterocycles. The summed E-state index contributed by atoms with van der Waals surface area (Å²) in [6.45, 7) is 0. The fourth-order valence-corrected chi connectivity index (χ4v) is 2.49. The van der Waals surface area contributed by atoms with Gasteiger partial charge in [0.1, 0.15) is 0 Å². The molecule has 3 heteroatoms. The Kier molecular flexibility index (Phi) is 2.76. The summed E-state index contributed by atoms with van der Waals surface area (Å²) in [5.41, 5.74) is 0. The van der Waals surface area contributed by atoms with Crippen molar-refractivity contribution >= 4 is 28.6 Å². The molecule has 0 radical (unpaired) electrons. The van der Waals surface area contributed by atoms with Gasteiger partial charge >= 0.3 is 0 Å². The molecule has 0 aromatic heterocycles. The molecule has 1 rings (SSSR count). The topological polar surface area (TPSA) is 17.1 Å². The van der Waals surface area contributed by atoms with Gasteiger partial charge in [0, 0.05) is 23.7 Å². The normalized spacial score (nSPS) is 22.8. The van der Waals surface area contributed by atoms with E-state index in [1.54, 1.807) is 0 Å². The Bertz CT molecular complexity index is 82.4. The van der Waals surface area contributed by atoms with Gasteiger partial charge < -0.3 is 0 Å². The molecular weight excluding hydrogens is 140 g/mol. The summed E-state index contributed by atoms with van der Waals surface area (Å²) in [6.07, 6.45) is 0.773. The smallest absolute Gasteiger partial charge is 0.189 e. The zero-order valence-corrected chi connectivity index (χ0v) is 6.19. The molecule has 0 spiro atoms. The molecule has 8 heavy (non-hydrogen) atoms. The summed E-state index contributed by atoms with van der Waals surface area (Å²) in [4.78, 5) is 10.6. The number of carbonyl (C=O) groups excluding carboxylic acids is 1. The standard InChI is InChI=1S/C5H8OS2/c6-5-1-2-7-3-4-8-5/h1-4H2. The number of hydrogen-bond acceptors (Lipinski definition) is 3. The van der Waals surface area contributed by atoms with Crippen molar-refractivity contribution < 1.29 is 4.79 Å². The molecule has 1 aliphatic rings. The van der Waals surface area contributed by atoms with Crippen molar-refractivity contribution in [1.29, 1.82) is 0 Å². The van der Waals surface area contributed by atoms with Gasteiger partial charge in [-0.15, -0.1) is 0 Å². The van der Waals surface area contributed by atoms with Crippen LogP contribution >= 0.6 is 23.5 Å². The lowest BCUT2D eigenvalue weighted by atomic mass is 10.5. The number of thioether (sulfide) groups is 2. The summed E-state index contributed by atoms with van der Waals surface area (Å²) in [6, 6.07) is 0. The molecular formula is C5H8OS2. The molecule has 0 N–H and O–H groups in total. The Morgan fingerprint density at radius 2 is 2.12 bits per heavy atom. The summed E-state index contributed by atoms with van der Waals surface area (Å²) < 4.78 is 0. The fraction of sp³-hybridized carbons (Fsp3) is 0.800. The predicted octanol–water partition coefficient (Wildman–Crippen LogP) is 1.38. The second-order valence-corrected chi connectivity index (χ2v) is 3.96. The molecule has 0 amide bonds. The SMILES string of the molecule is O=C1CCSCCS1. The number of rotatable bonds is 0. The first kappa shape index (κ1) is 6.49. The van der Waals surface area contributed by atoms with Gasteiger partial charge in [-0.2, -0.15) is 11.8 Å². The van der Waals surface area contributed by atoms with Crippen LogP contribution in [0.15, 0.2) is 0 Å². The van der Waals surface area contributed by atoms with Crippen molar-refractivity contribution in [3.8, 4) is 0 Å². The molecule has 0 bridgehead atoms. The Hall–Kier alpha value is 0.370. The van der Waals surface area contributed by atoms with Crippen molar-refractivity contribution in [3.05, 3.63) is 0 Å². The zero-order valence-electron chi connectivity index (χ0n) is 4.55. The Morgan fingerprint density at radius 3 is 3.00 bits per heavy atom. The third kappa shape index (κ3) is 2.09. The van der Waals surface area contributed by atoms with E-state index >= 15 is 0 Å². The second-order valence-electron chi connectivity index (χ2n) is 1.58. The Balaban J connectivity index is 2.27. The largest absolute Gasteiger partial charge is 0.287 e. The van der Waals surface area contributed by atoms with Crippen LogP contribution in [-0.2, 0) is 4.79 Å². The van der Waals surface area contributed by atoms with Crippen LogP contribution in [0.3, 0.4) is 0 Å². The molecule has 1 saturated heterocycles. The van der Waals surface area contributed by atoms with Crippen molar-refractivity contribution in [2.75, 3.05) is 17.3 Å². The molecule has 0 unspecified atom stereocenters. The van der Waals surface area contributed by atoms with E-state index in [9.17, 15) is 4.79 Å². The van der Waals surface area contributed by atoms with Gasteiger partial charge in [0.15, 0.2) is 5.12 Å². The minimum Gasteiger partial charge on any atom is -0.287 e. The lowest BCUT2D eigenvalue weighted by molar-refractivity contribution is -0.110. The van der Waals surface area contributed by atoms with Gasteiger partial charge in [0.05, 0.1) is 0 Å². The van der Waals surface area contributed by atoms with E-state index in [2.05, 4.69) is 0 Å². The van der Waals surface area contributed by atoms with Crippen molar-refractivity contribution in [2.24, 2.45) is 0 Å². The van der Waals surface area contributed by atoms with Gasteiger partial charge in [-0.25, -0.2) is 0 Å². The highest BCUT2D eigenvalue weighted by molar-refractivity contribution is 8.14. The Morgan fingerprint density at radius 1 is 1.25 bits per heavy atom. The van der Waals surface area contributed by atoms with Crippen LogP contribution in [-0.4, -0.2) is 22.4 Å². The average Bonchev–Trinajstić information content (AvgIpc) is 1.94. The molecule has 46 valence electrons. The first-order chi connectivity index (χ1) is 3.89. The first-order valence-electron chi connectivity index (χ1n) is 2.63. The van der Waals surface area contributed by atoms with Crippen LogP contribution < -0.4 is 0 Å². The third-order valence-electron chi connectivity index (χ3n) is 0.941. The molecule has 0 aromatic rings. The van der Waals surface area contributed by atoms with Gasteiger partial charge in [0.2, 0.25) is 0 Å². The van der Waals surface area contributed by atoms with Crippen molar-refractivity contribution in [1.82, 2.24) is 0 Å². The molecule has 0 aliphatic carbocycles. The highest BCUT2D eigenvalue weighted by Gasteiger charge is 2.05. The molecule has 1 nitrogen and oxygen atoms in total. The van der Waals surface area contributed by atoms with Gasteiger partial charge in [-0.1, -0.05) is 11.8 Å². The van der Waals surface area contributed by atoms with E-state index in [0.29, 0.717) is 5.12 Å². The first-order valence-corrected chi connectivity index (χ1v) is 4.77. The summed E-state index contributed by atoms with van der Waals surface area (Å²) in [7, 11) is 0. The maximum atomic E-state index is 10.6. The molecule has 0 atom stereocenters. The van der Waals surface area contributed by atoms with Crippen LogP contribution in [0.2, 0.25) is 0 Å². The van der Waals surface area contributed by atoms with E-state index in [4.69, 9.17) is 0 Å². The lowest BCUT2D eigenvalue weighted by Gasteiger charge is -1.86. The van der Waals surface area contributed by atoms with Crippen LogP contribution in [0.1, 0.15) is 6.42 Å². The van der Waals surface area contributed by atoms with E-state index in [-0.39, 0.29) is 0 Å². The van der Waals surface area contributed by atoms with Crippen LogP contribution in [0, 0.1) is 0 Å². The highest BCUT2D eigenvalue weighted by atomic mass is 32.2. The minimum absolute atomic E-state index is 0.370. The van der Waals surface area contributed by atoms with Crippen LogP contribution in [0.25, 0.3) is 0 Å². The summed E-state index contributed by atoms with van der Waals surface area (Å²) >= 11 is 3.36. The lowest BCUT2D eigenvalue weighted by Crippen LogP contribution is -1.89. The maximum absolute atomic E-state index is 10.6. The summed E-state index contributed by atoms with van der Waals surface area (Å²) in [5.74, 6) is 3.20. The van der Waals surface area contributed by atoms with E-state index in [0.717, 1.165) is 23.7 Å². The average molecular weight is 148 g/mol. The molecule has 1 aliphatic heterocycles. The predicted molar refractivity (Wildman–Crippen MR) is 39.4 cm³/mol. The molecule has 1 fully saturated rings. The zero-order chi connectivity index (χ0) is 5.82. The number of hydrogen-bond donors (Lipinski definition) is 0. The van der Waals surface area contributed by atoms with Gasteiger partial charge in [0.25, 0.3) is 0 Å². The third-order valence-corrected chi connectivity index (χ3v) is 3.12. The van der Waals surface area contributed by atoms with E-state index < -0.39 is 0 Å². The van der Waals surface area contributed by atoms with E-state index in [1.807, 2.05) is 11.8 Å². The molecule has 0 saturated carbocycles. The molecule has 0 aromatic carbocycles. The van der Waals surface area contributed by atoms with Crippen molar-refractivity contribution in [3.63, 3.8) is 0 Å². The maximum Gasteiger partial charge on any atom is 0.189 e. The van der Waals surface area contributed by atoms with Crippen LogP contribution in [0.4, 0.5) is 0 Å². The van der Waals surface area contributed by atoms with Gasteiger partial charge in [-0.05, 0) is 0 Å². The van der Waals surface area contributed by atoms with Crippen LogP contribution in [0.5, 0.6) is 0 Å².